The largest absolute Gasteiger partial charge is 0.481 e. The molecule has 1 unspecified atom stereocenters. The standard InChI is InChI=1S/C28H31NO4/c30-20-26(18-22-8-3-1-4-9-22)29-28(33)25(19-27(31)32)13-7-10-21-14-16-24(17-15-21)23-11-5-2-6-12-23/h1-6,8-9,11-12,14-17,25-26,30H,7,10,13,18-20H2,(H,29,33)(H,31,32)/t25-,26?/m1/s1. The van der Waals surface area contributed by atoms with E-state index in [2.05, 4.69) is 41.7 Å². The highest BCUT2D eigenvalue weighted by Gasteiger charge is 2.23. The van der Waals surface area contributed by atoms with Gasteiger partial charge in [-0.25, -0.2) is 0 Å². The van der Waals surface area contributed by atoms with E-state index >= 15 is 0 Å². The van der Waals surface area contributed by atoms with E-state index in [9.17, 15) is 19.8 Å². The average molecular weight is 446 g/mol. The van der Waals surface area contributed by atoms with Crippen LogP contribution in [0, 0.1) is 5.92 Å². The van der Waals surface area contributed by atoms with Crippen LogP contribution >= 0.6 is 0 Å². The summed E-state index contributed by atoms with van der Waals surface area (Å²) in [7, 11) is 0. The summed E-state index contributed by atoms with van der Waals surface area (Å²) in [5.74, 6) is -1.94. The number of aryl methyl sites for hydroxylation is 1. The summed E-state index contributed by atoms with van der Waals surface area (Å²) in [6.07, 6.45) is 2.23. The maximum absolute atomic E-state index is 12.8. The molecule has 0 aromatic heterocycles. The number of aliphatic hydroxyl groups is 1. The third-order valence-electron chi connectivity index (χ3n) is 5.76. The average Bonchev–Trinajstić information content (AvgIpc) is 2.84. The van der Waals surface area contributed by atoms with Crippen LogP contribution in [-0.2, 0) is 22.4 Å². The molecule has 2 atom stereocenters. The molecular weight excluding hydrogens is 414 g/mol. The minimum Gasteiger partial charge on any atom is -0.481 e. The van der Waals surface area contributed by atoms with Crippen LogP contribution in [0.2, 0.25) is 0 Å². The van der Waals surface area contributed by atoms with E-state index < -0.39 is 17.9 Å². The monoisotopic (exact) mass is 445 g/mol. The number of amides is 1. The number of benzene rings is 3. The molecule has 3 N–H and O–H groups in total. The van der Waals surface area contributed by atoms with Gasteiger partial charge in [-0.15, -0.1) is 0 Å². The predicted octanol–water partition coefficient (Wildman–Crippen LogP) is 4.49. The third kappa shape index (κ3) is 7.88. The Morgan fingerprint density at radius 3 is 2.00 bits per heavy atom. The van der Waals surface area contributed by atoms with E-state index in [0.717, 1.165) is 28.7 Å². The Balaban J connectivity index is 1.54. The molecule has 3 aromatic carbocycles. The molecule has 3 aromatic rings. The van der Waals surface area contributed by atoms with Crippen molar-refractivity contribution in [1.82, 2.24) is 5.32 Å². The summed E-state index contributed by atoms with van der Waals surface area (Å²) in [5, 5.41) is 21.8. The Labute approximate surface area is 195 Å². The van der Waals surface area contributed by atoms with Crippen LogP contribution in [0.25, 0.3) is 11.1 Å². The molecule has 0 aliphatic carbocycles. The van der Waals surface area contributed by atoms with E-state index in [0.29, 0.717) is 19.3 Å². The number of carbonyl (C=O) groups is 2. The first-order valence-electron chi connectivity index (χ1n) is 11.4. The lowest BCUT2D eigenvalue weighted by Crippen LogP contribution is -2.42. The SMILES string of the molecule is O=C(O)C[C@@H](CCCc1ccc(-c2ccccc2)cc1)C(=O)NC(CO)Cc1ccccc1. The van der Waals surface area contributed by atoms with Crippen molar-refractivity contribution in [3.8, 4) is 11.1 Å². The van der Waals surface area contributed by atoms with Crippen molar-refractivity contribution in [1.29, 1.82) is 0 Å². The second-order valence-electron chi connectivity index (χ2n) is 8.33. The molecule has 172 valence electrons. The zero-order chi connectivity index (χ0) is 23.5. The van der Waals surface area contributed by atoms with Crippen molar-refractivity contribution in [2.75, 3.05) is 6.61 Å². The molecule has 3 rings (SSSR count). The van der Waals surface area contributed by atoms with Gasteiger partial charge in [-0.3, -0.25) is 9.59 Å². The topological polar surface area (TPSA) is 86.6 Å². The summed E-state index contributed by atoms with van der Waals surface area (Å²) in [5.41, 5.74) is 4.47. The van der Waals surface area contributed by atoms with Gasteiger partial charge in [0.05, 0.1) is 19.1 Å². The molecule has 0 radical (unpaired) electrons. The third-order valence-corrected chi connectivity index (χ3v) is 5.76. The maximum Gasteiger partial charge on any atom is 0.304 e. The van der Waals surface area contributed by atoms with Crippen LogP contribution in [0.4, 0.5) is 0 Å². The second-order valence-corrected chi connectivity index (χ2v) is 8.33. The zero-order valence-electron chi connectivity index (χ0n) is 18.7. The summed E-state index contributed by atoms with van der Waals surface area (Å²) < 4.78 is 0. The molecule has 33 heavy (non-hydrogen) atoms. The summed E-state index contributed by atoms with van der Waals surface area (Å²) >= 11 is 0. The highest BCUT2D eigenvalue weighted by molar-refractivity contribution is 5.83. The minimum absolute atomic E-state index is 0.200. The van der Waals surface area contributed by atoms with Crippen molar-refractivity contribution in [2.45, 2.75) is 38.1 Å². The molecule has 0 fully saturated rings. The van der Waals surface area contributed by atoms with Crippen molar-refractivity contribution in [2.24, 2.45) is 5.92 Å². The lowest BCUT2D eigenvalue weighted by atomic mass is 9.94. The molecule has 0 saturated heterocycles. The van der Waals surface area contributed by atoms with E-state index in [1.165, 1.54) is 0 Å². The predicted molar refractivity (Wildman–Crippen MR) is 130 cm³/mol. The van der Waals surface area contributed by atoms with Crippen molar-refractivity contribution in [3.63, 3.8) is 0 Å². The molecule has 0 spiro atoms. The van der Waals surface area contributed by atoms with Crippen LogP contribution < -0.4 is 5.32 Å². The molecule has 0 aliphatic heterocycles. The number of carboxylic acid groups (broad SMARTS) is 1. The molecular formula is C28H31NO4. The number of hydrogen-bond donors (Lipinski definition) is 3. The van der Waals surface area contributed by atoms with Crippen LogP contribution in [0.1, 0.15) is 30.4 Å². The Morgan fingerprint density at radius 1 is 0.788 bits per heavy atom. The van der Waals surface area contributed by atoms with Gasteiger partial charge in [-0.1, -0.05) is 84.9 Å². The maximum atomic E-state index is 12.8. The molecule has 5 heteroatoms. The Hall–Kier alpha value is -3.44. The Bertz CT molecular complexity index is 1000. The van der Waals surface area contributed by atoms with E-state index in [-0.39, 0.29) is 18.9 Å². The number of nitrogens with one attached hydrogen (secondary N) is 1. The van der Waals surface area contributed by atoms with Gasteiger partial charge < -0.3 is 15.5 Å². The van der Waals surface area contributed by atoms with Crippen molar-refractivity contribution >= 4 is 11.9 Å². The smallest absolute Gasteiger partial charge is 0.304 e. The van der Waals surface area contributed by atoms with Crippen LogP contribution in [0.3, 0.4) is 0 Å². The zero-order valence-corrected chi connectivity index (χ0v) is 18.7. The molecule has 0 heterocycles. The number of hydrogen-bond acceptors (Lipinski definition) is 3. The van der Waals surface area contributed by atoms with Gasteiger partial charge >= 0.3 is 5.97 Å². The number of carbonyl (C=O) groups excluding carboxylic acids is 1. The summed E-state index contributed by atoms with van der Waals surface area (Å²) in [4.78, 5) is 24.1. The molecule has 5 nitrogen and oxygen atoms in total. The molecule has 1 amide bonds. The number of aliphatic carboxylic acids is 1. The van der Waals surface area contributed by atoms with E-state index in [4.69, 9.17) is 0 Å². The molecule has 0 bridgehead atoms. The summed E-state index contributed by atoms with van der Waals surface area (Å²) in [6.45, 7) is -0.200. The van der Waals surface area contributed by atoms with Gasteiger partial charge in [-0.05, 0) is 47.9 Å². The first-order valence-corrected chi connectivity index (χ1v) is 11.4. The Kier molecular flexibility index (Phi) is 9.21. The van der Waals surface area contributed by atoms with Gasteiger partial charge in [-0.2, -0.15) is 0 Å². The fourth-order valence-corrected chi connectivity index (χ4v) is 3.96. The fourth-order valence-electron chi connectivity index (χ4n) is 3.96. The first-order chi connectivity index (χ1) is 16.0. The fraction of sp³-hybridized carbons (Fsp3) is 0.286. The quantitative estimate of drug-likeness (QED) is 0.383. The van der Waals surface area contributed by atoms with Crippen molar-refractivity contribution < 1.29 is 19.8 Å². The van der Waals surface area contributed by atoms with Gasteiger partial charge in [0.15, 0.2) is 0 Å². The van der Waals surface area contributed by atoms with Gasteiger partial charge in [0.2, 0.25) is 5.91 Å². The Morgan fingerprint density at radius 2 is 1.39 bits per heavy atom. The van der Waals surface area contributed by atoms with Gasteiger partial charge in [0.25, 0.3) is 0 Å². The number of carboxylic acids is 1. The number of rotatable bonds is 12. The van der Waals surface area contributed by atoms with Crippen LogP contribution in [-0.4, -0.2) is 34.7 Å². The van der Waals surface area contributed by atoms with Crippen LogP contribution in [0.5, 0.6) is 0 Å². The van der Waals surface area contributed by atoms with E-state index in [1.54, 1.807) is 0 Å². The lowest BCUT2D eigenvalue weighted by Gasteiger charge is -2.21. The van der Waals surface area contributed by atoms with E-state index in [1.807, 2.05) is 48.5 Å². The second kappa shape index (κ2) is 12.6. The van der Waals surface area contributed by atoms with Gasteiger partial charge in [0.1, 0.15) is 0 Å². The van der Waals surface area contributed by atoms with Crippen LogP contribution in [0.15, 0.2) is 84.9 Å². The normalized spacial score (nSPS) is 12.6. The minimum atomic E-state index is -0.994. The first kappa shape index (κ1) is 24.2. The molecule has 0 aliphatic rings. The van der Waals surface area contributed by atoms with Crippen molar-refractivity contribution in [3.05, 3.63) is 96.1 Å². The number of aliphatic hydroxyl groups excluding tert-OH is 1. The lowest BCUT2D eigenvalue weighted by molar-refractivity contribution is -0.141. The molecule has 0 saturated carbocycles. The summed E-state index contributed by atoms with van der Waals surface area (Å²) in [6, 6.07) is 27.6. The highest BCUT2D eigenvalue weighted by atomic mass is 16.4. The van der Waals surface area contributed by atoms with Gasteiger partial charge in [0, 0.05) is 5.92 Å². The highest BCUT2D eigenvalue weighted by Crippen LogP contribution is 2.21.